The Labute approximate surface area is 213 Å². The molecule has 0 aromatic carbocycles. The van der Waals surface area contributed by atoms with Gasteiger partial charge < -0.3 is 19.9 Å². The molecule has 0 unspecified atom stereocenters. The molecule has 1 N–H and O–H groups in total. The topological polar surface area (TPSA) is 94.4 Å². The Kier molecular flexibility index (Phi) is 11.3. The maximum absolute atomic E-state index is 11.4. The molecule has 0 amide bonds. The molecule has 3 heterocycles. The van der Waals surface area contributed by atoms with E-state index in [9.17, 15) is 10.1 Å². The first-order chi connectivity index (χ1) is 16.8. The van der Waals surface area contributed by atoms with E-state index in [-0.39, 0.29) is 11.7 Å². The molecule has 2 aromatic heterocycles. The molecule has 9 heteroatoms. The average molecular weight is 499 g/mol. The molecule has 0 spiro atoms. The monoisotopic (exact) mass is 498 g/mol. The van der Waals surface area contributed by atoms with E-state index in [0.29, 0.717) is 22.8 Å². The van der Waals surface area contributed by atoms with Crippen LogP contribution in [0.4, 0.5) is 11.5 Å². The highest BCUT2D eigenvalue weighted by molar-refractivity contribution is 6.29. The Bertz CT molecular complexity index is 1030. The van der Waals surface area contributed by atoms with E-state index in [1.807, 2.05) is 64.0 Å². The number of aldehydes is 1. The molecule has 8 nitrogen and oxygen atoms in total. The van der Waals surface area contributed by atoms with Crippen molar-refractivity contribution >= 4 is 35.1 Å². The number of rotatable bonds is 8. The first kappa shape index (κ1) is 27.9. The fourth-order valence-electron chi connectivity index (χ4n) is 3.67. The van der Waals surface area contributed by atoms with Crippen molar-refractivity contribution in [2.75, 3.05) is 43.9 Å². The van der Waals surface area contributed by atoms with E-state index in [2.05, 4.69) is 20.2 Å². The molecular formula is C26H35ClN6O2. The first-order valence-corrected chi connectivity index (χ1v) is 12.2. The number of halogens is 1. The summed E-state index contributed by atoms with van der Waals surface area (Å²) in [6.07, 6.45) is 5.78. The van der Waals surface area contributed by atoms with Crippen molar-refractivity contribution in [3.8, 4) is 11.8 Å². The van der Waals surface area contributed by atoms with E-state index in [1.165, 1.54) is 0 Å². The number of nitriles is 1. The molecule has 1 saturated heterocycles. The van der Waals surface area contributed by atoms with Crippen LogP contribution in [0.1, 0.15) is 45.7 Å². The number of aromatic nitrogens is 2. The van der Waals surface area contributed by atoms with E-state index in [1.54, 1.807) is 12.3 Å². The van der Waals surface area contributed by atoms with Crippen LogP contribution in [0, 0.1) is 11.3 Å². The van der Waals surface area contributed by atoms with Crippen molar-refractivity contribution in [2.24, 2.45) is 0 Å². The quantitative estimate of drug-likeness (QED) is 0.234. The summed E-state index contributed by atoms with van der Waals surface area (Å²) in [6.45, 7) is 8.55. The molecule has 188 valence electrons. The second-order valence-corrected chi connectivity index (χ2v) is 8.90. The number of allylic oxidation sites excluding steroid dienone is 1. The standard InChI is InChI=1S/C16H19ClN4O.C10H16N2O/c1-20(2)13-6-7-14(17)19-15(13)16(12(10-18)11-22)21-8-4-3-5-9-21;1-4-11-10-6-5-9(7-12-10)13-8(2)3/h6-7,11H,3-5,8-9H2,1-2H3;5-8H,4H2,1-3H3,(H,11,12)/b16-12+;. The van der Waals surface area contributed by atoms with Crippen molar-refractivity contribution in [2.45, 2.75) is 46.1 Å². The molecule has 0 atom stereocenters. The zero-order chi connectivity index (χ0) is 25.8. The van der Waals surface area contributed by atoms with Gasteiger partial charge in [0.15, 0.2) is 6.29 Å². The fraction of sp³-hybridized carbons (Fsp3) is 0.462. The van der Waals surface area contributed by atoms with Gasteiger partial charge in [-0.05, 0) is 64.3 Å². The van der Waals surface area contributed by atoms with Gasteiger partial charge in [-0.15, -0.1) is 0 Å². The predicted molar refractivity (Wildman–Crippen MR) is 142 cm³/mol. The summed E-state index contributed by atoms with van der Waals surface area (Å²) in [5.41, 5.74) is 2.10. The number of hydrogen-bond acceptors (Lipinski definition) is 8. The molecule has 0 saturated carbocycles. The van der Waals surface area contributed by atoms with Gasteiger partial charge in [0.05, 0.1) is 23.7 Å². The smallest absolute Gasteiger partial charge is 0.162 e. The Morgan fingerprint density at radius 1 is 1.26 bits per heavy atom. The van der Waals surface area contributed by atoms with Crippen molar-refractivity contribution < 1.29 is 9.53 Å². The van der Waals surface area contributed by atoms with Crippen molar-refractivity contribution in [3.05, 3.63) is 46.9 Å². The molecule has 0 radical (unpaired) electrons. The van der Waals surface area contributed by atoms with Crippen LogP contribution < -0.4 is 15.0 Å². The Hall–Kier alpha value is -3.31. The number of anilines is 2. The van der Waals surface area contributed by atoms with Gasteiger partial charge in [-0.2, -0.15) is 5.26 Å². The van der Waals surface area contributed by atoms with Gasteiger partial charge in [-0.25, -0.2) is 9.97 Å². The van der Waals surface area contributed by atoms with Gasteiger partial charge in [0, 0.05) is 33.7 Å². The van der Waals surface area contributed by atoms with Gasteiger partial charge in [-0.1, -0.05) is 11.6 Å². The van der Waals surface area contributed by atoms with Gasteiger partial charge in [0.25, 0.3) is 0 Å². The Morgan fingerprint density at radius 2 is 1.97 bits per heavy atom. The van der Waals surface area contributed by atoms with Gasteiger partial charge in [-0.3, -0.25) is 4.79 Å². The lowest BCUT2D eigenvalue weighted by Gasteiger charge is -2.32. The lowest BCUT2D eigenvalue weighted by molar-refractivity contribution is -0.104. The molecule has 0 aliphatic carbocycles. The normalized spacial score (nSPS) is 13.7. The number of piperidine rings is 1. The largest absolute Gasteiger partial charge is 0.489 e. The molecular weight excluding hydrogens is 464 g/mol. The highest BCUT2D eigenvalue weighted by Crippen LogP contribution is 2.32. The molecule has 3 rings (SSSR count). The number of nitrogens with zero attached hydrogens (tertiary/aromatic N) is 5. The highest BCUT2D eigenvalue weighted by atomic mass is 35.5. The van der Waals surface area contributed by atoms with Crippen LogP contribution in [0.2, 0.25) is 5.15 Å². The second-order valence-electron chi connectivity index (χ2n) is 8.51. The minimum Gasteiger partial charge on any atom is -0.489 e. The van der Waals surface area contributed by atoms with Crippen LogP contribution in [0.3, 0.4) is 0 Å². The third kappa shape index (κ3) is 8.45. The molecule has 2 aromatic rings. The zero-order valence-corrected chi connectivity index (χ0v) is 22.0. The van der Waals surface area contributed by atoms with E-state index >= 15 is 0 Å². The van der Waals surface area contributed by atoms with Gasteiger partial charge in [0.2, 0.25) is 0 Å². The maximum Gasteiger partial charge on any atom is 0.162 e. The van der Waals surface area contributed by atoms with E-state index in [0.717, 1.165) is 56.2 Å². The number of hydrogen-bond donors (Lipinski definition) is 1. The first-order valence-electron chi connectivity index (χ1n) is 11.9. The van der Waals surface area contributed by atoms with Crippen LogP contribution in [0.25, 0.3) is 5.70 Å². The van der Waals surface area contributed by atoms with Gasteiger partial charge in [0.1, 0.15) is 34.1 Å². The van der Waals surface area contributed by atoms with Crippen molar-refractivity contribution in [1.29, 1.82) is 5.26 Å². The van der Waals surface area contributed by atoms with Crippen LogP contribution >= 0.6 is 11.6 Å². The summed E-state index contributed by atoms with van der Waals surface area (Å²) in [5, 5.41) is 12.8. The van der Waals surface area contributed by atoms with E-state index in [4.69, 9.17) is 16.3 Å². The lowest BCUT2D eigenvalue weighted by Crippen LogP contribution is -2.30. The van der Waals surface area contributed by atoms with Crippen LogP contribution in [0.15, 0.2) is 36.0 Å². The fourth-order valence-corrected chi connectivity index (χ4v) is 3.82. The number of ether oxygens (including phenoxy) is 1. The second kappa shape index (κ2) is 14.2. The SMILES string of the molecule is CCNc1ccc(OC(C)C)cn1.CN(C)c1ccc(Cl)nc1/C(=C(/C#N)C=O)N1CCCCC1. The lowest BCUT2D eigenvalue weighted by atomic mass is 10.0. The zero-order valence-electron chi connectivity index (χ0n) is 21.2. The van der Waals surface area contributed by atoms with Crippen LogP contribution in [0.5, 0.6) is 5.75 Å². The van der Waals surface area contributed by atoms with Crippen molar-refractivity contribution in [1.82, 2.24) is 14.9 Å². The third-order valence-corrected chi connectivity index (χ3v) is 5.39. The minimum atomic E-state index is 0.0970. The molecule has 0 bridgehead atoms. The number of pyridine rings is 2. The molecule has 35 heavy (non-hydrogen) atoms. The highest BCUT2D eigenvalue weighted by Gasteiger charge is 2.23. The number of nitrogens with one attached hydrogen (secondary N) is 1. The summed E-state index contributed by atoms with van der Waals surface area (Å²) in [7, 11) is 3.80. The van der Waals surface area contributed by atoms with Gasteiger partial charge >= 0.3 is 0 Å². The minimum absolute atomic E-state index is 0.0970. The summed E-state index contributed by atoms with van der Waals surface area (Å²) < 4.78 is 5.46. The number of carbonyl (C=O) groups is 1. The molecule has 1 aliphatic heterocycles. The summed E-state index contributed by atoms with van der Waals surface area (Å²) in [6, 6.07) is 9.41. The van der Waals surface area contributed by atoms with Crippen LogP contribution in [-0.2, 0) is 4.79 Å². The maximum atomic E-state index is 11.4. The number of carbonyl (C=O) groups excluding carboxylic acids is 1. The average Bonchev–Trinajstić information content (AvgIpc) is 2.84. The van der Waals surface area contributed by atoms with E-state index < -0.39 is 0 Å². The number of likely N-dealkylation sites (tertiary alicyclic amines) is 1. The predicted octanol–water partition coefficient (Wildman–Crippen LogP) is 5.02. The van der Waals surface area contributed by atoms with Crippen molar-refractivity contribution in [3.63, 3.8) is 0 Å². The Balaban J connectivity index is 0.000000283. The summed E-state index contributed by atoms with van der Waals surface area (Å²) in [5.74, 6) is 1.70. The summed E-state index contributed by atoms with van der Waals surface area (Å²) in [4.78, 5) is 23.9. The summed E-state index contributed by atoms with van der Waals surface area (Å²) >= 11 is 6.05. The molecule has 1 aliphatic rings. The van der Waals surface area contributed by atoms with Crippen LogP contribution in [-0.4, -0.2) is 61.0 Å². The Morgan fingerprint density at radius 3 is 2.49 bits per heavy atom. The molecule has 1 fully saturated rings. The third-order valence-electron chi connectivity index (χ3n) is 5.18.